The minimum atomic E-state index is -0.840. The summed E-state index contributed by atoms with van der Waals surface area (Å²) >= 11 is 4.49. The molecule has 0 saturated carbocycles. The number of amides is 5. The Labute approximate surface area is 317 Å². The zero-order valence-electron chi connectivity index (χ0n) is 31.2. The van der Waals surface area contributed by atoms with Crippen LogP contribution in [0.1, 0.15) is 70.8 Å². The Morgan fingerprint density at radius 1 is 0.811 bits per heavy atom. The standard InChI is InChI=1S/C38H56N6O8S/c1-38(2,50-3)26-35(47)43-31(36(39)48)12-6-9-18-42-37(49)32(44-34(46)25-28-14-15-29-10-4-5-11-30(29)24-28)13-7-8-17-41-33(45)16-20-51-22-23-52-21-19-40-27-53/h4-5,10-11,14-15,24,31-32H,6-9,12-13,16-23,25-26H2,1-3H3,(H2,39,48)(H,41,45)(H,42,49)(H,43,47)(H,44,46). The van der Waals surface area contributed by atoms with Gasteiger partial charge in [0.25, 0.3) is 0 Å². The molecule has 0 aliphatic rings. The number of unbranched alkanes of at least 4 members (excludes halogenated alkanes) is 2. The van der Waals surface area contributed by atoms with Gasteiger partial charge in [-0.25, -0.2) is 4.99 Å². The summed E-state index contributed by atoms with van der Waals surface area (Å²) in [6, 6.07) is 12.1. The molecule has 0 fully saturated rings. The number of rotatable bonds is 28. The van der Waals surface area contributed by atoms with Crippen LogP contribution in [0.3, 0.4) is 0 Å². The number of nitrogens with zero attached hydrogens (tertiary/aromatic N) is 1. The fraction of sp³-hybridized carbons (Fsp3) is 0.579. The van der Waals surface area contributed by atoms with E-state index in [0.29, 0.717) is 78.0 Å². The minimum absolute atomic E-state index is 0.0718. The van der Waals surface area contributed by atoms with Crippen molar-refractivity contribution >= 4 is 57.7 Å². The predicted octanol–water partition coefficient (Wildman–Crippen LogP) is 2.75. The number of thiocarbonyl (C=S) groups is 1. The van der Waals surface area contributed by atoms with Gasteiger partial charge in [-0.1, -0.05) is 42.5 Å². The molecule has 0 aliphatic heterocycles. The maximum atomic E-state index is 13.3. The molecule has 14 nitrogen and oxygen atoms in total. The number of hydrogen-bond acceptors (Lipinski definition) is 10. The van der Waals surface area contributed by atoms with Crippen LogP contribution < -0.4 is 27.0 Å². The van der Waals surface area contributed by atoms with Gasteiger partial charge in [-0.05, 0) is 80.9 Å². The van der Waals surface area contributed by atoms with Crippen LogP contribution in [-0.2, 0) is 44.6 Å². The van der Waals surface area contributed by atoms with Crippen molar-refractivity contribution in [3.05, 3.63) is 48.0 Å². The second-order valence-electron chi connectivity index (χ2n) is 13.2. The summed E-state index contributed by atoms with van der Waals surface area (Å²) in [6.45, 7) is 6.18. The highest BCUT2D eigenvalue weighted by Gasteiger charge is 2.25. The van der Waals surface area contributed by atoms with E-state index in [0.717, 1.165) is 16.3 Å². The van der Waals surface area contributed by atoms with Gasteiger partial charge in [-0.3, -0.25) is 24.0 Å². The number of nitrogens with two attached hydrogens (primary N) is 1. The Kier molecular flexibility index (Phi) is 21.7. The molecule has 15 heteroatoms. The highest BCUT2D eigenvalue weighted by atomic mass is 32.1. The Morgan fingerprint density at radius 2 is 1.45 bits per heavy atom. The van der Waals surface area contributed by atoms with E-state index in [4.69, 9.17) is 19.9 Å². The number of ether oxygens (including phenoxy) is 3. The molecule has 0 spiro atoms. The van der Waals surface area contributed by atoms with Crippen LogP contribution in [0.25, 0.3) is 10.8 Å². The lowest BCUT2D eigenvalue weighted by Crippen LogP contribution is -2.47. The number of benzene rings is 2. The van der Waals surface area contributed by atoms with Crippen molar-refractivity contribution in [3.63, 3.8) is 0 Å². The molecular weight excluding hydrogens is 701 g/mol. The largest absolute Gasteiger partial charge is 0.379 e. The smallest absolute Gasteiger partial charge is 0.242 e. The molecule has 5 amide bonds. The summed E-state index contributed by atoms with van der Waals surface area (Å²) in [7, 11) is 1.51. The number of fused-ring (bicyclic) bond motifs is 1. The van der Waals surface area contributed by atoms with Crippen LogP contribution in [-0.4, -0.2) is 106 Å². The second kappa shape index (κ2) is 25.7. The molecule has 2 unspecified atom stereocenters. The lowest BCUT2D eigenvalue weighted by molar-refractivity contribution is -0.131. The van der Waals surface area contributed by atoms with Gasteiger partial charge in [0.05, 0.1) is 56.6 Å². The van der Waals surface area contributed by atoms with Crippen LogP contribution in [0.4, 0.5) is 0 Å². The van der Waals surface area contributed by atoms with Crippen molar-refractivity contribution in [2.45, 2.75) is 89.3 Å². The van der Waals surface area contributed by atoms with E-state index in [1.807, 2.05) is 42.5 Å². The molecule has 2 aromatic rings. The average Bonchev–Trinajstić information content (AvgIpc) is 3.12. The summed E-state index contributed by atoms with van der Waals surface area (Å²) in [5, 5.41) is 15.7. The van der Waals surface area contributed by atoms with Gasteiger partial charge in [0.15, 0.2) is 0 Å². The summed E-state index contributed by atoms with van der Waals surface area (Å²) in [4.78, 5) is 66.7. The van der Waals surface area contributed by atoms with Crippen molar-refractivity contribution in [2.24, 2.45) is 10.7 Å². The Bertz CT molecular complexity index is 1520. The fourth-order valence-corrected chi connectivity index (χ4v) is 5.37. The molecule has 53 heavy (non-hydrogen) atoms. The normalized spacial score (nSPS) is 12.3. The molecule has 2 atom stereocenters. The van der Waals surface area contributed by atoms with Gasteiger partial charge in [-0.15, -0.1) is 0 Å². The van der Waals surface area contributed by atoms with Gasteiger partial charge >= 0.3 is 0 Å². The lowest BCUT2D eigenvalue weighted by atomic mass is 10.0. The number of methoxy groups -OCH3 is 1. The summed E-state index contributed by atoms with van der Waals surface area (Å²) < 4.78 is 16.0. The number of aliphatic imine (C=N–C) groups is 1. The third-order valence-electron chi connectivity index (χ3n) is 8.37. The minimum Gasteiger partial charge on any atom is -0.379 e. The summed E-state index contributed by atoms with van der Waals surface area (Å²) in [6.07, 6.45) is 3.31. The first-order valence-electron chi connectivity index (χ1n) is 18.1. The van der Waals surface area contributed by atoms with Crippen molar-refractivity contribution < 1.29 is 38.2 Å². The Morgan fingerprint density at radius 3 is 2.13 bits per heavy atom. The first kappa shape index (κ1) is 44.9. The third kappa shape index (κ3) is 20.0. The second-order valence-corrected chi connectivity index (χ2v) is 13.4. The van der Waals surface area contributed by atoms with Crippen LogP contribution in [0.5, 0.6) is 0 Å². The molecule has 0 aromatic heterocycles. The van der Waals surface area contributed by atoms with Crippen LogP contribution >= 0.6 is 12.2 Å². The molecule has 0 aliphatic carbocycles. The van der Waals surface area contributed by atoms with Crippen LogP contribution in [0.15, 0.2) is 47.5 Å². The van der Waals surface area contributed by atoms with Gasteiger partial charge < -0.3 is 41.2 Å². The molecule has 2 rings (SSSR count). The highest BCUT2D eigenvalue weighted by Crippen LogP contribution is 2.16. The zero-order chi connectivity index (χ0) is 38.9. The molecule has 0 radical (unpaired) electrons. The number of nitrogens with one attached hydrogen (secondary N) is 4. The summed E-state index contributed by atoms with van der Waals surface area (Å²) in [5.41, 5.74) is 5.67. The van der Waals surface area contributed by atoms with E-state index in [9.17, 15) is 24.0 Å². The number of hydrogen-bond donors (Lipinski definition) is 5. The first-order valence-corrected chi connectivity index (χ1v) is 18.5. The van der Waals surface area contributed by atoms with Crippen LogP contribution in [0, 0.1) is 0 Å². The van der Waals surface area contributed by atoms with Crippen molar-refractivity contribution in [1.82, 2.24) is 21.3 Å². The SMILES string of the molecule is COC(C)(C)CC(=O)NC(CCCCNC(=O)C(CCCCNC(=O)CCOCCOCCN=C=S)NC(=O)Cc1ccc2ccccc2c1)C(N)=O. The van der Waals surface area contributed by atoms with Gasteiger partial charge in [0.1, 0.15) is 12.1 Å². The molecule has 0 saturated heterocycles. The Balaban J connectivity index is 1.82. The topological polar surface area (TPSA) is 200 Å². The van der Waals surface area contributed by atoms with E-state index in [2.05, 4.69) is 43.6 Å². The fourth-order valence-electron chi connectivity index (χ4n) is 5.28. The van der Waals surface area contributed by atoms with Crippen molar-refractivity contribution in [3.8, 4) is 0 Å². The van der Waals surface area contributed by atoms with E-state index in [1.165, 1.54) is 7.11 Å². The maximum Gasteiger partial charge on any atom is 0.242 e. The molecular formula is C38H56N6O8S. The quantitative estimate of drug-likeness (QED) is 0.0492. The third-order valence-corrected chi connectivity index (χ3v) is 8.49. The van der Waals surface area contributed by atoms with Crippen LogP contribution in [0.2, 0.25) is 0 Å². The van der Waals surface area contributed by atoms with Crippen molar-refractivity contribution in [1.29, 1.82) is 0 Å². The number of carbonyl (C=O) groups excluding carboxylic acids is 5. The van der Waals surface area contributed by atoms with E-state index in [-0.39, 0.29) is 49.5 Å². The lowest BCUT2D eigenvalue weighted by Gasteiger charge is -2.23. The molecule has 292 valence electrons. The Hall–Kier alpha value is -4.27. The molecule has 0 heterocycles. The van der Waals surface area contributed by atoms with E-state index in [1.54, 1.807) is 13.8 Å². The first-order chi connectivity index (χ1) is 25.4. The highest BCUT2D eigenvalue weighted by molar-refractivity contribution is 7.78. The monoisotopic (exact) mass is 756 g/mol. The molecule has 6 N–H and O–H groups in total. The van der Waals surface area contributed by atoms with Gasteiger partial charge in [-0.2, -0.15) is 0 Å². The number of primary amides is 1. The van der Waals surface area contributed by atoms with E-state index < -0.39 is 23.6 Å². The zero-order valence-corrected chi connectivity index (χ0v) is 32.0. The average molecular weight is 757 g/mol. The van der Waals surface area contributed by atoms with E-state index >= 15 is 0 Å². The number of isothiocyanates is 1. The van der Waals surface area contributed by atoms with Gasteiger partial charge in [0, 0.05) is 26.6 Å². The maximum absolute atomic E-state index is 13.3. The molecule has 2 aromatic carbocycles. The predicted molar refractivity (Wildman–Crippen MR) is 206 cm³/mol. The molecule has 0 bridgehead atoms. The van der Waals surface area contributed by atoms with Crippen molar-refractivity contribution in [2.75, 3.05) is 53.2 Å². The summed E-state index contributed by atoms with van der Waals surface area (Å²) in [5.74, 6) is -1.72. The number of carbonyl (C=O) groups is 5. The van der Waals surface area contributed by atoms with Gasteiger partial charge in [0.2, 0.25) is 29.5 Å².